The van der Waals surface area contributed by atoms with Crippen molar-refractivity contribution in [3.05, 3.63) is 35.4 Å². The van der Waals surface area contributed by atoms with E-state index in [2.05, 4.69) is 5.32 Å². The molecule has 1 aromatic rings. The number of halogens is 2. The molecule has 0 aliphatic rings. The molecule has 0 aliphatic heterocycles. The van der Waals surface area contributed by atoms with E-state index in [1.54, 1.807) is 0 Å². The molecule has 0 bridgehead atoms. The van der Waals surface area contributed by atoms with Gasteiger partial charge in [0, 0.05) is 18.2 Å². The summed E-state index contributed by atoms with van der Waals surface area (Å²) in [6, 6.07) is 3.50. The van der Waals surface area contributed by atoms with E-state index in [0.717, 1.165) is 19.0 Å². The van der Waals surface area contributed by atoms with Crippen molar-refractivity contribution in [2.75, 3.05) is 20.2 Å². The van der Waals surface area contributed by atoms with E-state index in [4.69, 9.17) is 4.74 Å². The van der Waals surface area contributed by atoms with E-state index in [9.17, 15) is 8.78 Å². The van der Waals surface area contributed by atoms with Crippen LogP contribution in [0, 0.1) is 11.6 Å². The van der Waals surface area contributed by atoms with E-state index in [1.807, 2.05) is 7.05 Å². The fourth-order valence-electron chi connectivity index (χ4n) is 1.17. The van der Waals surface area contributed by atoms with Gasteiger partial charge in [0.1, 0.15) is 11.6 Å². The monoisotopic (exact) mass is 215 g/mol. The van der Waals surface area contributed by atoms with Crippen LogP contribution in [0.15, 0.2) is 18.2 Å². The number of benzene rings is 1. The highest BCUT2D eigenvalue weighted by Crippen LogP contribution is 2.10. The van der Waals surface area contributed by atoms with Gasteiger partial charge < -0.3 is 10.1 Å². The number of rotatable bonds is 6. The highest BCUT2D eigenvalue weighted by Gasteiger charge is 2.03. The quantitative estimate of drug-likeness (QED) is 0.734. The van der Waals surface area contributed by atoms with Crippen molar-refractivity contribution in [1.29, 1.82) is 0 Å². The van der Waals surface area contributed by atoms with Crippen molar-refractivity contribution in [2.45, 2.75) is 13.0 Å². The summed E-state index contributed by atoms with van der Waals surface area (Å²) in [7, 11) is 1.86. The van der Waals surface area contributed by atoms with E-state index in [-0.39, 0.29) is 6.61 Å². The van der Waals surface area contributed by atoms with Gasteiger partial charge in [0.2, 0.25) is 0 Å². The average Bonchev–Trinajstić information content (AvgIpc) is 2.20. The molecule has 1 aromatic carbocycles. The number of hydrogen-bond acceptors (Lipinski definition) is 2. The van der Waals surface area contributed by atoms with Gasteiger partial charge in [-0.25, -0.2) is 8.78 Å². The molecule has 2 nitrogen and oxygen atoms in total. The second-order valence-corrected chi connectivity index (χ2v) is 3.25. The first-order valence-electron chi connectivity index (χ1n) is 4.90. The topological polar surface area (TPSA) is 21.3 Å². The minimum atomic E-state index is -0.563. The minimum Gasteiger partial charge on any atom is -0.377 e. The SMILES string of the molecule is CNCCCOCc1ccc(F)cc1F. The normalized spacial score (nSPS) is 10.6. The van der Waals surface area contributed by atoms with Crippen molar-refractivity contribution in [2.24, 2.45) is 0 Å². The molecule has 0 fully saturated rings. The van der Waals surface area contributed by atoms with Crippen LogP contribution in [0.5, 0.6) is 0 Å². The summed E-state index contributed by atoms with van der Waals surface area (Å²) in [5, 5.41) is 2.98. The maximum absolute atomic E-state index is 13.1. The predicted octanol–water partition coefficient (Wildman–Crippen LogP) is 2.09. The summed E-state index contributed by atoms with van der Waals surface area (Å²) in [5.41, 5.74) is 0.390. The Balaban J connectivity index is 2.31. The van der Waals surface area contributed by atoms with Crippen LogP contribution in [-0.4, -0.2) is 20.2 Å². The molecule has 0 heterocycles. The maximum atomic E-state index is 13.1. The first kappa shape index (κ1) is 12.1. The maximum Gasteiger partial charge on any atom is 0.131 e. The number of hydrogen-bond donors (Lipinski definition) is 1. The Morgan fingerprint density at radius 3 is 2.80 bits per heavy atom. The molecule has 0 spiro atoms. The van der Waals surface area contributed by atoms with Gasteiger partial charge >= 0.3 is 0 Å². The van der Waals surface area contributed by atoms with Crippen LogP contribution >= 0.6 is 0 Å². The van der Waals surface area contributed by atoms with Gasteiger partial charge in [-0.1, -0.05) is 6.07 Å². The summed E-state index contributed by atoms with van der Waals surface area (Å²) in [6.07, 6.45) is 0.874. The highest BCUT2D eigenvalue weighted by molar-refractivity contribution is 5.17. The number of nitrogens with one attached hydrogen (secondary N) is 1. The van der Waals surface area contributed by atoms with Crippen molar-refractivity contribution in [1.82, 2.24) is 5.32 Å². The lowest BCUT2D eigenvalue weighted by Crippen LogP contribution is -2.10. The number of ether oxygens (including phenoxy) is 1. The third kappa shape index (κ3) is 4.36. The third-order valence-electron chi connectivity index (χ3n) is 1.99. The molecule has 0 saturated carbocycles. The van der Waals surface area contributed by atoms with Crippen molar-refractivity contribution < 1.29 is 13.5 Å². The Morgan fingerprint density at radius 1 is 1.33 bits per heavy atom. The lowest BCUT2D eigenvalue weighted by Gasteiger charge is -2.05. The average molecular weight is 215 g/mol. The van der Waals surface area contributed by atoms with Crippen molar-refractivity contribution in [3.8, 4) is 0 Å². The molecular weight excluding hydrogens is 200 g/mol. The highest BCUT2D eigenvalue weighted by atomic mass is 19.1. The molecule has 0 radical (unpaired) electrons. The van der Waals surface area contributed by atoms with E-state index < -0.39 is 11.6 Å². The van der Waals surface area contributed by atoms with Crippen LogP contribution in [0.1, 0.15) is 12.0 Å². The summed E-state index contributed by atoms with van der Waals surface area (Å²) in [4.78, 5) is 0. The molecule has 0 atom stereocenters. The zero-order valence-corrected chi connectivity index (χ0v) is 8.72. The molecule has 0 aliphatic carbocycles. The minimum absolute atomic E-state index is 0.190. The fraction of sp³-hybridized carbons (Fsp3) is 0.455. The van der Waals surface area contributed by atoms with Crippen LogP contribution in [-0.2, 0) is 11.3 Å². The Hall–Kier alpha value is -1.00. The largest absolute Gasteiger partial charge is 0.377 e. The first-order chi connectivity index (χ1) is 7.24. The molecule has 0 amide bonds. The predicted molar refractivity (Wildman–Crippen MR) is 54.6 cm³/mol. The van der Waals surface area contributed by atoms with Crippen LogP contribution in [0.3, 0.4) is 0 Å². The molecule has 0 aromatic heterocycles. The Bertz CT molecular complexity index is 305. The first-order valence-corrected chi connectivity index (χ1v) is 4.90. The summed E-state index contributed by atoms with van der Waals surface area (Å²) >= 11 is 0. The van der Waals surface area contributed by atoms with E-state index in [1.165, 1.54) is 12.1 Å². The van der Waals surface area contributed by atoms with Crippen LogP contribution < -0.4 is 5.32 Å². The molecular formula is C11H15F2NO. The Kier molecular flexibility index (Phi) is 5.21. The van der Waals surface area contributed by atoms with Crippen LogP contribution in [0.2, 0.25) is 0 Å². The molecule has 0 unspecified atom stereocenters. The van der Waals surface area contributed by atoms with Crippen LogP contribution in [0.4, 0.5) is 8.78 Å². The Labute approximate surface area is 88.3 Å². The summed E-state index contributed by atoms with van der Waals surface area (Å²) < 4.78 is 30.9. The third-order valence-corrected chi connectivity index (χ3v) is 1.99. The van der Waals surface area contributed by atoms with Gasteiger partial charge in [-0.3, -0.25) is 0 Å². The second kappa shape index (κ2) is 6.48. The van der Waals surface area contributed by atoms with E-state index >= 15 is 0 Å². The van der Waals surface area contributed by atoms with Gasteiger partial charge in [0.25, 0.3) is 0 Å². The summed E-state index contributed by atoms with van der Waals surface area (Å²) in [5.74, 6) is -1.12. The molecule has 1 N–H and O–H groups in total. The van der Waals surface area contributed by atoms with Crippen molar-refractivity contribution >= 4 is 0 Å². The smallest absolute Gasteiger partial charge is 0.131 e. The molecule has 4 heteroatoms. The fourth-order valence-corrected chi connectivity index (χ4v) is 1.17. The zero-order chi connectivity index (χ0) is 11.1. The van der Waals surface area contributed by atoms with Gasteiger partial charge in [-0.15, -0.1) is 0 Å². The summed E-state index contributed by atoms with van der Waals surface area (Å²) in [6.45, 7) is 1.62. The van der Waals surface area contributed by atoms with E-state index in [0.29, 0.717) is 12.2 Å². The van der Waals surface area contributed by atoms with Gasteiger partial charge in [0.05, 0.1) is 6.61 Å². The molecule has 15 heavy (non-hydrogen) atoms. The second-order valence-electron chi connectivity index (χ2n) is 3.25. The molecule has 84 valence electrons. The zero-order valence-electron chi connectivity index (χ0n) is 8.72. The van der Waals surface area contributed by atoms with Crippen molar-refractivity contribution in [3.63, 3.8) is 0 Å². The lowest BCUT2D eigenvalue weighted by atomic mass is 10.2. The van der Waals surface area contributed by atoms with Gasteiger partial charge in [0.15, 0.2) is 0 Å². The Morgan fingerprint density at radius 2 is 2.13 bits per heavy atom. The van der Waals surface area contributed by atoms with Crippen LogP contribution in [0.25, 0.3) is 0 Å². The molecule has 0 saturated heterocycles. The lowest BCUT2D eigenvalue weighted by molar-refractivity contribution is 0.116. The van der Waals surface area contributed by atoms with Gasteiger partial charge in [-0.2, -0.15) is 0 Å². The standard InChI is InChI=1S/C11H15F2NO/c1-14-5-2-6-15-8-9-3-4-10(12)7-11(9)13/h3-4,7,14H,2,5-6,8H2,1H3. The molecule has 1 rings (SSSR count). The van der Waals surface area contributed by atoms with Gasteiger partial charge in [-0.05, 0) is 26.1 Å².